The Morgan fingerprint density at radius 1 is 1.00 bits per heavy atom. The Morgan fingerprint density at radius 2 is 1.75 bits per heavy atom. The molecule has 0 amide bonds. The number of aryl methyl sites for hydroxylation is 1. The molecule has 0 spiro atoms. The lowest BCUT2D eigenvalue weighted by Crippen LogP contribution is -1.91. The number of aromatic nitrogens is 1. The first-order valence-corrected chi connectivity index (χ1v) is 7.78. The predicted octanol–water partition coefficient (Wildman–Crippen LogP) is 5.88. The van der Waals surface area contributed by atoms with Gasteiger partial charge in [-0.15, -0.1) is 0 Å². The SMILES string of the molecule is CC(C)=CCC/C(C)=C(\C)CCCCc1ccccn1. The van der Waals surface area contributed by atoms with Gasteiger partial charge in [-0.1, -0.05) is 28.9 Å². The maximum atomic E-state index is 4.37. The summed E-state index contributed by atoms with van der Waals surface area (Å²) in [4.78, 5) is 4.37. The molecule has 0 aliphatic carbocycles. The smallest absolute Gasteiger partial charge is 0.0403 e. The molecule has 0 aliphatic rings. The molecule has 1 aromatic rings. The summed E-state index contributed by atoms with van der Waals surface area (Å²) in [7, 11) is 0. The van der Waals surface area contributed by atoms with E-state index in [9.17, 15) is 0 Å². The van der Waals surface area contributed by atoms with E-state index >= 15 is 0 Å². The van der Waals surface area contributed by atoms with E-state index in [2.05, 4.69) is 50.9 Å². The lowest BCUT2D eigenvalue weighted by molar-refractivity contribution is 0.711. The molecule has 0 fully saturated rings. The molecular weight excluding hydrogens is 242 g/mol. The second kappa shape index (κ2) is 9.52. The topological polar surface area (TPSA) is 12.9 Å². The van der Waals surface area contributed by atoms with Crippen LogP contribution >= 0.6 is 0 Å². The van der Waals surface area contributed by atoms with Crippen LogP contribution in [0.25, 0.3) is 0 Å². The van der Waals surface area contributed by atoms with Crippen molar-refractivity contribution in [3.05, 3.63) is 52.9 Å². The summed E-state index contributed by atoms with van der Waals surface area (Å²) in [5.74, 6) is 0. The van der Waals surface area contributed by atoms with Gasteiger partial charge in [0.1, 0.15) is 0 Å². The fourth-order valence-electron chi connectivity index (χ4n) is 2.25. The third-order valence-corrected chi connectivity index (χ3v) is 3.76. The summed E-state index contributed by atoms with van der Waals surface area (Å²) in [6.45, 7) is 8.92. The molecule has 0 atom stereocenters. The van der Waals surface area contributed by atoms with Crippen molar-refractivity contribution in [1.82, 2.24) is 4.98 Å². The van der Waals surface area contributed by atoms with E-state index in [0.29, 0.717) is 0 Å². The Balaban J connectivity index is 2.24. The predicted molar refractivity (Wildman–Crippen MR) is 88.8 cm³/mol. The van der Waals surface area contributed by atoms with Crippen LogP contribution in [0, 0.1) is 0 Å². The van der Waals surface area contributed by atoms with Crippen molar-refractivity contribution in [2.75, 3.05) is 0 Å². The molecular formula is C19H29N. The zero-order valence-electron chi connectivity index (χ0n) is 13.6. The largest absolute Gasteiger partial charge is 0.261 e. The van der Waals surface area contributed by atoms with Crippen LogP contribution in [0.3, 0.4) is 0 Å². The normalized spacial score (nSPS) is 12.0. The molecule has 0 radical (unpaired) electrons. The van der Waals surface area contributed by atoms with E-state index in [1.54, 1.807) is 11.1 Å². The molecule has 1 aromatic heterocycles. The van der Waals surface area contributed by atoms with Crippen molar-refractivity contribution in [3.8, 4) is 0 Å². The quantitative estimate of drug-likeness (QED) is 0.425. The van der Waals surface area contributed by atoms with Crippen molar-refractivity contribution in [3.63, 3.8) is 0 Å². The number of rotatable bonds is 8. The highest BCUT2D eigenvalue weighted by Crippen LogP contribution is 2.17. The van der Waals surface area contributed by atoms with E-state index < -0.39 is 0 Å². The van der Waals surface area contributed by atoms with Gasteiger partial charge >= 0.3 is 0 Å². The molecule has 1 heteroatoms. The minimum atomic E-state index is 1.10. The van der Waals surface area contributed by atoms with Gasteiger partial charge in [0.2, 0.25) is 0 Å². The maximum absolute atomic E-state index is 4.37. The molecule has 0 bridgehead atoms. The van der Waals surface area contributed by atoms with Crippen LogP contribution in [0.5, 0.6) is 0 Å². The van der Waals surface area contributed by atoms with Crippen molar-refractivity contribution in [2.24, 2.45) is 0 Å². The highest BCUT2D eigenvalue weighted by molar-refractivity contribution is 5.11. The Morgan fingerprint density at radius 3 is 2.40 bits per heavy atom. The molecule has 0 saturated heterocycles. The maximum Gasteiger partial charge on any atom is 0.0403 e. The van der Waals surface area contributed by atoms with Crippen LogP contribution in [0.15, 0.2) is 47.2 Å². The van der Waals surface area contributed by atoms with Gasteiger partial charge in [-0.25, -0.2) is 0 Å². The number of allylic oxidation sites excluding steroid dienone is 4. The van der Waals surface area contributed by atoms with Crippen LogP contribution in [0.1, 0.15) is 65.5 Å². The number of hydrogen-bond donors (Lipinski definition) is 0. The minimum absolute atomic E-state index is 1.10. The summed E-state index contributed by atoms with van der Waals surface area (Å²) in [5, 5.41) is 0. The first-order valence-electron chi connectivity index (χ1n) is 7.78. The average molecular weight is 271 g/mol. The zero-order chi connectivity index (χ0) is 14.8. The van der Waals surface area contributed by atoms with Crippen LogP contribution in [-0.4, -0.2) is 4.98 Å². The molecule has 20 heavy (non-hydrogen) atoms. The zero-order valence-corrected chi connectivity index (χ0v) is 13.6. The Kier molecular flexibility index (Phi) is 7.94. The summed E-state index contributed by atoms with van der Waals surface area (Å²) >= 11 is 0. The third-order valence-electron chi connectivity index (χ3n) is 3.76. The molecule has 1 rings (SSSR count). The monoisotopic (exact) mass is 271 g/mol. The van der Waals surface area contributed by atoms with E-state index in [1.807, 2.05) is 12.3 Å². The lowest BCUT2D eigenvalue weighted by Gasteiger charge is -2.07. The summed E-state index contributed by atoms with van der Waals surface area (Å²) in [5.41, 5.74) is 5.79. The van der Waals surface area contributed by atoms with Gasteiger partial charge in [0.15, 0.2) is 0 Å². The van der Waals surface area contributed by atoms with Crippen molar-refractivity contribution in [1.29, 1.82) is 0 Å². The summed E-state index contributed by atoms with van der Waals surface area (Å²) < 4.78 is 0. The van der Waals surface area contributed by atoms with E-state index in [-0.39, 0.29) is 0 Å². The van der Waals surface area contributed by atoms with Crippen LogP contribution < -0.4 is 0 Å². The van der Waals surface area contributed by atoms with E-state index in [4.69, 9.17) is 0 Å². The fourth-order valence-corrected chi connectivity index (χ4v) is 2.25. The number of pyridine rings is 1. The van der Waals surface area contributed by atoms with Gasteiger partial charge in [-0.2, -0.15) is 0 Å². The van der Waals surface area contributed by atoms with Crippen LogP contribution in [0.4, 0.5) is 0 Å². The van der Waals surface area contributed by atoms with Gasteiger partial charge < -0.3 is 0 Å². The van der Waals surface area contributed by atoms with Gasteiger partial charge in [0.25, 0.3) is 0 Å². The molecule has 110 valence electrons. The third kappa shape index (κ3) is 7.28. The van der Waals surface area contributed by atoms with Crippen molar-refractivity contribution < 1.29 is 0 Å². The number of nitrogens with zero attached hydrogens (tertiary/aromatic N) is 1. The summed E-state index contributed by atoms with van der Waals surface area (Å²) in [6, 6.07) is 6.17. The lowest BCUT2D eigenvalue weighted by atomic mass is 10.00. The van der Waals surface area contributed by atoms with Gasteiger partial charge in [0, 0.05) is 11.9 Å². The second-order valence-electron chi connectivity index (χ2n) is 5.91. The van der Waals surface area contributed by atoms with Crippen LogP contribution in [-0.2, 0) is 6.42 Å². The van der Waals surface area contributed by atoms with E-state index in [0.717, 1.165) is 6.42 Å². The highest BCUT2D eigenvalue weighted by Gasteiger charge is 1.99. The second-order valence-corrected chi connectivity index (χ2v) is 5.91. The van der Waals surface area contributed by atoms with Crippen molar-refractivity contribution in [2.45, 2.75) is 66.2 Å². The molecule has 0 aromatic carbocycles. The molecule has 0 unspecified atom stereocenters. The van der Waals surface area contributed by atoms with E-state index in [1.165, 1.54) is 43.4 Å². The Bertz CT molecular complexity index is 436. The molecule has 1 nitrogen and oxygen atoms in total. The highest BCUT2D eigenvalue weighted by atomic mass is 14.7. The first kappa shape index (κ1) is 16.7. The molecule has 0 N–H and O–H groups in total. The van der Waals surface area contributed by atoms with Gasteiger partial charge in [-0.05, 0) is 78.4 Å². The minimum Gasteiger partial charge on any atom is -0.261 e. The molecule has 0 aliphatic heterocycles. The number of hydrogen-bond acceptors (Lipinski definition) is 1. The number of unbranched alkanes of at least 4 members (excludes halogenated alkanes) is 1. The van der Waals surface area contributed by atoms with Gasteiger partial charge in [0.05, 0.1) is 0 Å². The van der Waals surface area contributed by atoms with Crippen molar-refractivity contribution >= 4 is 0 Å². The summed E-state index contributed by atoms with van der Waals surface area (Å²) in [6.07, 6.45) is 11.4. The Hall–Kier alpha value is -1.37. The Labute approximate surface area is 124 Å². The standard InChI is InChI=1S/C19H29N/c1-16(2)10-9-12-18(4)17(3)11-5-6-13-19-14-7-8-15-20-19/h7-8,10,14-15H,5-6,9,11-13H2,1-4H3/b18-17+. The average Bonchev–Trinajstić information content (AvgIpc) is 2.44. The molecule has 1 heterocycles. The van der Waals surface area contributed by atoms with Gasteiger partial charge in [-0.3, -0.25) is 4.98 Å². The first-order chi connectivity index (χ1) is 9.59. The molecule has 0 saturated carbocycles. The fraction of sp³-hybridized carbons (Fsp3) is 0.526. The van der Waals surface area contributed by atoms with Crippen LogP contribution in [0.2, 0.25) is 0 Å².